The Morgan fingerprint density at radius 2 is 1.38 bits per heavy atom. The van der Waals surface area contributed by atoms with Crippen molar-refractivity contribution < 1.29 is 31.8 Å². The third kappa shape index (κ3) is 6.02. The van der Waals surface area contributed by atoms with Crippen LogP contribution in [0.3, 0.4) is 0 Å². The van der Waals surface area contributed by atoms with Crippen molar-refractivity contribution in [2.24, 2.45) is 5.92 Å². The second kappa shape index (κ2) is 12.1. The van der Waals surface area contributed by atoms with Crippen molar-refractivity contribution in [3.8, 4) is 5.75 Å². The van der Waals surface area contributed by atoms with Crippen LogP contribution in [0, 0.1) is 29.2 Å². The molecule has 0 aromatic heterocycles. The van der Waals surface area contributed by atoms with Crippen molar-refractivity contribution in [2.45, 2.75) is 83.2 Å². The maximum absolute atomic E-state index is 14.9. The molecule has 0 heterocycles. The Morgan fingerprint density at radius 1 is 0.811 bits per heavy atom. The lowest BCUT2D eigenvalue weighted by Crippen LogP contribution is -2.25. The summed E-state index contributed by atoms with van der Waals surface area (Å²) in [6.07, 6.45) is 8.89. The van der Waals surface area contributed by atoms with Crippen LogP contribution >= 0.6 is 0 Å². The molecular weight excluding hydrogens is 484 g/mol. The molecule has 4 rings (SSSR count). The van der Waals surface area contributed by atoms with Gasteiger partial charge in [-0.15, -0.1) is 0 Å². The van der Waals surface area contributed by atoms with E-state index in [1.807, 2.05) is 13.0 Å². The highest BCUT2D eigenvalue weighted by Gasteiger charge is 2.31. The Hall–Kier alpha value is -2.83. The average Bonchev–Trinajstić information content (AvgIpc) is 2.90. The lowest BCUT2D eigenvalue weighted by Gasteiger charge is -2.29. The first-order valence-corrected chi connectivity index (χ1v) is 13.3. The fourth-order valence-electron chi connectivity index (χ4n) is 5.77. The van der Waals surface area contributed by atoms with Crippen LogP contribution in [0.4, 0.5) is 17.6 Å². The highest BCUT2D eigenvalue weighted by molar-refractivity contribution is 5.90. The maximum Gasteiger partial charge on any atom is 0.341 e. The highest BCUT2D eigenvalue weighted by Crippen LogP contribution is 2.39. The summed E-state index contributed by atoms with van der Waals surface area (Å²) < 4.78 is 69.3. The van der Waals surface area contributed by atoms with E-state index >= 15 is 0 Å². The number of ether oxygens (including phenoxy) is 2. The van der Waals surface area contributed by atoms with E-state index in [2.05, 4.69) is 6.08 Å². The number of halogens is 4. The van der Waals surface area contributed by atoms with Crippen LogP contribution in [0.1, 0.15) is 98.5 Å². The first-order valence-electron chi connectivity index (χ1n) is 13.3. The molecule has 200 valence electrons. The van der Waals surface area contributed by atoms with E-state index in [0.717, 1.165) is 25.7 Å². The first-order chi connectivity index (χ1) is 17.8. The molecule has 0 aliphatic heterocycles. The highest BCUT2D eigenvalue weighted by atomic mass is 19.2. The Bertz CT molecular complexity index is 1130. The molecule has 3 nitrogen and oxygen atoms in total. The molecule has 0 spiro atoms. The molecule has 0 bridgehead atoms. The molecule has 0 unspecified atom stereocenters. The van der Waals surface area contributed by atoms with Crippen LogP contribution in [-0.4, -0.2) is 18.7 Å². The van der Waals surface area contributed by atoms with Crippen LogP contribution in [0.15, 0.2) is 36.4 Å². The summed E-state index contributed by atoms with van der Waals surface area (Å²) in [6.45, 7) is 3.91. The summed E-state index contributed by atoms with van der Waals surface area (Å²) in [5.41, 5.74) is 0.179. The van der Waals surface area contributed by atoms with Gasteiger partial charge in [0.2, 0.25) is 5.82 Å². The van der Waals surface area contributed by atoms with Gasteiger partial charge >= 0.3 is 5.97 Å². The molecule has 2 aromatic rings. The van der Waals surface area contributed by atoms with Gasteiger partial charge in [0, 0.05) is 0 Å². The Morgan fingerprint density at radius 3 is 1.97 bits per heavy atom. The van der Waals surface area contributed by atoms with Crippen molar-refractivity contribution in [3.05, 3.63) is 76.4 Å². The molecule has 0 N–H and O–H groups in total. The van der Waals surface area contributed by atoms with Crippen LogP contribution in [0.25, 0.3) is 0 Å². The summed E-state index contributed by atoms with van der Waals surface area (Å²) in [7, 11) is 0. The van der Waals surface area contributed by atoms with E-state index in [-0.39, 0.29) is 29.8 Å². The lowest BCUT2D eigenvalue weighted by atomic mass is 9.78. The van der Waals surface area contributed by atoms with E-state index in [9.17, 15) is 22.4 Å². The molecular formula is C30H34F4O3. The van der Waals surface area contributed by atoms with Crippen LogP contribution in [0.2, 0.25) is 0 Å². The second-order valence-corrected chi connectivity index (χ2v) is 10.1. The van der Waals surface area contributed by atoms with E-state index < -0.39 is 40.9 Å². The molecule has 2 saturated carbocycles. The Labute approximate surface area is 215 Å². The van der Waals surface area contributed by atoms with Crippen LogP contribution in [0.5, 0.6) is 5.75 Å². The van der Waals surface area contributed by atoms with Crippen molar-refractivity contribution >= 4 is 5.97 Å². The topological polar surface area (TPSA) is 35.5 Å². The largest absolute Gasteiger partial charge is 0.491 e. The fraction of sp³-hybridized carbons (Fsp3) is 0.500. The number of carbonyl (C=O) groups is 1. The number of hydrogen-bond donors (Lipinski definition) is 0. The summed E-state index contributed by atoms with van der Waals surface area (Å²) in [5.74, 6) is -4.89. The van der Waals surface area contributed by atoms with Gasteiger partial charge in [0.25, 0.3) is 0 Å². The zero-order chi connectivity index (χ0) is 26.5. The minimum atomic E-state index is -1.17. The van der Waals surface area contributed by atoms with Crippen molar-refractivity contribution in [1.82, 2.24) is 0 Å². The van der Waals surface area contributed by atoms with Crippen molar-refractivity contribution in [3.63, 3.8) is 0 Å². The molecule has 2 aromatic carbocycles. The van der Waals surface area contributed by atoms with E-state index in [0.29, 0.717) is 37.2 Å². The normalized spacial score (nSPS) is 24.3. The molecule has 2 aliphatic carbocycles. The number of benzene rings is 2. The predicted molar refractivity (Wildman–Crippen MR) is 134 cm³/mol. The van der Waals surface area contributed by atoms with Gasteiger partial charge in [-0.2, -0.15) is 4.39 Å². The number of allylic oxidation sites excluding steroid dienone is 2. The SMILES string of the molecule is CC=CC1CCC(c2ccc(C(=O)OC3CCC(c4ccc(OCC)c(F)c4F)CC3)c(F)c2F)CC1. The standard InChI is InChI=1S/C30H34F4O3/c1-3-5-18-6-8-19(9-7-18)22-14-15-24(28(33)26(22)31)30(35)37-21-12-10-20(11-13-21)23-16-17-25(36-4-2)29(34)27(23)32/h3,5,14-21H,4,6-13H2,1-2H3. The Kier molecular flexibility index (Phi) is 8.93. The van der Waals surface area contributed by atoms with Crippen LogP contribution in [-0.2, 0) is 4.74 Å². The number of esters is 1. The number of hydrogen-bond acceptors (Lipinski definition) is 3. The summed E-state index contributed by atoms with van der Waals surface area (Å²) in [6, 6.07) is 5.79. The molecule has 2 aliphatic rings. The minimum absolute atomic E-state index is 0.0656. The van der Waals surface area contributed by atoms with Gasteiger partial charge in [-0.05, 0) is 106 Å². The summed E-state index contributed by atoms with van der Waals surface area (Å²) in [4.78, 5) is 12.7. The fourth-order valence-corrected chi connectivity index (χ4v) is 5.77. The minimum Gasteiger partial charge on any atom is -0.491 e. The first kappa shape index (κ1) is 27.2. The lowest BCUT2D eigenvalue weighted by molar-refractivity contribution is 0.0188. The van der Waals surface area contributed by atoms with Gasteiger partial charge < -0.3 is 9.47 Å². The Balaban J connectivity index is 1.36. The second-order valence-electron chi connectivity index (χ2n) is 10.1. The van der Waals surface area contributed by atoms with Gasteiger partial charge in [0.1, 0.15) is 6.10 Å². The monoisotopic (exact) mass is 518 g/mol. The number of rotatable bonds is 7. The maximum atomic E-state index is 14.9. The zero-order valence-corrected chi connectivity index (χ0v) is 21.4. The van der Waals surface area contributed by atoms with Gasteiger partial charge in [0.15, 0.2) is 23.2 Å². The summed E-state index contributed by atoms with van der Waals surface area (Å²) in [5, 5.41) is 0. The molecule has 2 fully saturated rings. The van der Waals surface area contributed by atoms with Gasteiger partial charge in [-0.25, -0.2) is 18.0 Å². The molecule has 0 atom stereocenters. The van der Waals surface area contributed by atoms with Crippen LogP contribution < -0.4 is 4.74 Å². The molecule has 0 saturated heterocycles. The summed E-state index contributed by atoms with van der Waals surface area (Å²) >= 11 is 0. The van der Waals surface area contributed by atoms with E-state index in [1.165, 1.54) is 24.3 Å². The van der Waals surface area contributed by atoms with Gasteiger partial charge in [-0.1, -0.05) is 24.3 Å². The van der Waals surface area contributed by atoms with Gasteiger partial charge in [-0.3, -0.25) is 0 Å². The molecule has 7 heteroatoms. The average molecular weight is 519 g/mol. The number of carbonyl (C=O) groups excluding carboxylic acids is 1. The quantitative estimate of drug-likeness (QED) is 0.210. The molecule has 0 amide bonds. The molecule has 37 heavy (non-hydrogen) atoms. The zero-order valence-electron chi connectivity index (χ0n) is 21.4. The van der Waals surface area contributed by atoms with Crippen molar-refractivity contribution in [2.75, 3.05) is 6.61 Å². The van der Waals surface area contributed by atoms with E-state index in [1.54, 1.807) is 6.92 Å². The third-order valence-electron chi connectivity index (χ3n) is 7.77. The third-order valence-corrected chi connectivity index (χ3v) is 7.77. The smallest absolute Gasteiger partial charge is 0.341 e. The van der Waals surface area contributed by atoms with E-state index in [4.69, 9.17) is 9.47 Å². The van der Waals surface area contributed by atoms with Crippen molar-refractivity contribution in [1.29, 1.82) is 0 Å². The molecule has 0 radical (unpaired) electrons. The van der Waals surface area contributed by atoms with Gasteiger partial charge in [0.05, 0.1) is 12.2 Å². The predicted octanol–water partition coefficient (Wildman–Crippen LogP) is 8.37.